The number of halogens is 3. The molecular weight excluding hydrogens is 219 g/mol. The molecule has 98 valence electrons. The first kappa shape index (κ1) is 15.7. The smallest absolute Gasteiger partial charge is 0.381 e. The molecule has 0 fully saturated rings. The molecule has 0 saturated heterocycles. The summed E-state index contributed by atoms with van der Waals surface area (Å²) >= 11 is 0. The summed E-state index contributed by atoms with van der Waals surface area (Å²) in [7, 11) is 1.78. The molecule has 1 N–H and O–H groups in total. The van der Waals surface area contributed by atoms with Crippen molar-refractivity contribution in [2.24, 2.45) is 0 Å². The molecule has 0 radical (unpaired) electrons. The van der Waals surface area contributed by atoms with Gasteiger partial charge in [0.2, 0.25) is 0 Å². The Morgan fingerprint density at radius 2 is 1.88 bits per heavy atom. The van der Waals surface area contributed by atoms with Gasteiger partial charge in [-0.2, -0.15) is 13.2 Å². The fourth-order valence-corrected chi connectivity index (χ4v) is 1.45. The first-order valence-corrected chi connectivity index (χ1v) is 5.81. The molecule has 1 atom stereocenters. The van der Waals surface area contributed by atoms with Crippen LogP contribution in [0.25, 0.3) is 0 Å². The molecule has 1 unspecified atom stereocenters. The molecular formula is C11H22F3NO. The molecule has 0 aliphatic carbocycles. The van der Waals surface area contributed by atoms with E-state index in [9.17, 15) is 13.2 Å². The van der Waals surface area contributed by atoms with E-state index >= 15 is 0 Å². The topological polar surface area (TPSA) is 21.3 Å². The van der Waals surface area contributed by atoms with Gasteiger partial charge in [-0.3, -0.25) is 0 Å². The van der Waals surface area contributed by atoms with E-state index in [1.165, 1.54) is 0 Å². The van der Waals surface area contributed by atoms with Crippen LogP contribution >= 0.6 is 0 Å². The van der Waals surface area contributed by atoms with E-state index in [1.807, 2.05) is 6.92 Å². The highest BCUT2D eigenvalue weighted by molar-refractivity contribution is 4.65. The minimum Gasteiger partial charge on any atom is -0.381 e. The Hall–Kier alpha value is -0.290. The molecule has 0 aromatic carbocycles. The van der Waals surface area contributed by atoms with E-state index < -0.39 is 12.6 Å². The van der Waals surface area contributed by atoms with Crippen molar-refractivity contribution in [1.82, 2.24) is 5.32 Å². The van der Waals surface area contributed by atoms with Gasteiger partial charge in [-0.05, 0) is 32.7 Å². The molecule has 16 heavy (non-hydrogen) atoms. The molecule has 0 spiro atoms. The van der Waals surface area contributed by atoms with E-state index in [0.29, 0.717) is 13.0 Å². The molecule has 2 nitrogen and oxygen atoms in total. The number of ether oxygens (including phenoxy) is 1. The third-order valence-corrected chi connectivity index (χ3v) is 2.38. The Morgan fingerprint density at radius 1 is 1.19 bits per heavy atom. The highest BCUT2D eigenvalue weighted by atomic mass is 19.4. The van der Waals surface area contributed by atoms with Gasteiger partial charge in [-0.15, -0.1) is 0 Å². The second-order valence-electron chi connectivity index (χ2n) is 3.89. The van der Waals surface area contributed by atoms with E-state index in [0.717, 1.165) is 19.4 Å². The van der Waals surface area contributed by atoms with Gasteiger partial charge in [-0.1, -0.05) is 6.92 Å². The van der Waals surface area contributed by atoms with Crippen molar-refractivity contribution in [3.05, 3.63) is 0 Å². The molecule has 0 amide bonds. The van der Waals surface area contributed by atoms with Gasteiger partial charge in [0, 0.05) is 25.7 Å². The third-order valence-electron chi connectivity index (χ3n) is 2.38. The van der Waals surface area contributed by atoms with Crippen LogP contribution in [0.3, 0.4) is 0 Å². The maximum Gasteiger partial charge on any atom is 0.389 e. The predicted molar refractivity (Wildman–Crippen MR) is 58.5 cm³/mol. The molecule has 0 saturated carbocycles. The van der Waals surface area contributed by atoms with Crippen LogP contribution < -0.4 is 5.32 Å². The molecule has 0 rings (SSSR count). The summed E-state index contributed by atoms with van der Waals surface area (Å²) in [5, 5.41) is 3.02. The highest BCUT2D eigenvalue weighted by Gasteiger charge is 2.26. The summed E-state index contributed by atoms with van der Waals surface area (Å²) < 4.78 is 41.1. The van der Waals surface area contributed by atoms with Crippen molar-refractivity contribution in [2.45, 2.75) is 51.2 Å². The number of hydrogen-bond donors (Lipinski definition) is 1. The van der Waals surface area contributed by atoms with Crippen LogP contribution in [0.2, 0.25) is 0 Å². The molecule has 0 aliphatic heterocycles. The lowest BCUT2D eigenvalue weighted by molar-refractivity contribution is -0.135. The lowest BCUT2D eigenvalue weighted by atomic mass is 10.1. The van der Waals surface area contributed by atoms with Gasteiger partial charge in [0.1, 0.15) is 0 Å². The monoisotopic (exact) mass is 241 g/mol. The number of nitrogens with one attached hydrogen (secondary N) is 1. The SMILES string of the molecule is CCCOCCC(CCCC(F)(F)F)NC. The lowest BCUT2D eigenvalue weighted by Crippen LogP contribution is -2.27. The molecule has 0 aromatic rings. The van der Waals surface area contributed by atoms with Crippen molar-refractivity contribution in [3.63, 3.8) is 0 Å². The van der Waals surface area contributed by atoms with Gasteiger partial charge in [-0.25, -0.2) is 0 Å². The van der Waals surface area contributed by atoms with Crippen molar-refractivity contribution in [2.75, 3.05) is 20.3 Å². The van der Waals surface area contributed by atoms with Gasteiger partial charge in [0.05, 0.1) is 0 Å². The fourth-order valence-electron chi connectivity index (χ4n) is 1.45. The Bertz CT molecular complexity index is 162. The third kappa shape index (κ3) is 10.2. The van der Waals surface area contributed by atoms with Crippen LogP contribution in [0, 0.1) is 0 Å². The summed E-state index contributed by atoms with van der Waals surface area (Å²) in [6, 6.07) is 0.124. The first-order valence-electron chi connectivity index (χ1n) is 5.81. The van der Waals surface area contributed by atoms with E-state index in [2.05, 4.69) is 5.32 Å². The number of hydrogen-bond acceptors (Lipinski definition) is 2. The second kappa shape index (κ2) is 8.82. The van der Waals surface area contributed by atoms with Gasteiger partial charge in [0.25, 0.3) is 0 Å². The quantitative estimate of drug-likeness (QED) is 0.626. The zero-order valence-corrected chi connectivity index (χ0v) is 10.1. The van der Waals surface area contributed by atoms with Crippen molar-refractivity contribution in [1.29, 1.82) is 0 Å². The summed E-state index contributed by atoms with van der Waals surface area (Å²) in [5.41, 5.74) is 0. The van der Waals surface area contributed by atoms with Crippen molar-refractivity contribution >= 4 is 0 Å². The molecule has 0 bridgehead atoms. The molecule has 0 aliphatic rings. The summed E-state index contributed by atoms with van der Waals surface area (Å²) in [6.45, 7) is 3.36. The maximum absolute atomic E-state index is 11.9. The Balaban J connectivity index is 3.51. The van der Waals surface area contributed by atoms with Crippen LogP contribution in [-0.2, 0) is 4.74 Å². The summed E-state index contributed by atoms with van der Waals surface area (Å²) in [4.78, 5) is 0. The standard InChI is InChI=1S/C11H22F3NO/c1-3-8-16-9-6-10(15-2)5-4-7-11(12,13)14/h10,15H,3-9H2,1-2H3. The number of alkyl halides is 3. The minimum absolute atomic E-state index is 0.124. The van der Waals surface area contributed by atoms with Gasteiger partial charge in [0.15, 0.2) is 0 Å². The average molecular weight is 241 g/mol. The molecule has 0 heterocycles. The normalized spacial score (nSPS) is 14.1. The summed E-state index contributed by atoms with van der Waals surface area (Å²) in [6.07, 6.45) is -2.25. The van der Waals surface area contributed by atoms with Crippen LogP contribution in [0.4, 0.5) is 13.2 Å². The van der Waals surface area contributed by atoms with Crippen LogP contribution in [0.1, 0.15) is 39.0 Å². The van der Waals surface area contributed by atoms with E-state index in [4.69, 9.17) is 4.74 Å². The highest BCUT2D eigenvalue weighted by Crippen LogP contribution is 2.22. The Kier molecular flexibility index (Phi) is 8.66. The predicted octanol–water partition coefficient (Wildman–Crippen LogP) is 3.12. The lowest BCUT2D eigenvalue weighted by Gasteiger charge is -2.16. The van der Waals surface area contributed by atoms with Crippen molar-refractivity contribution in [3.8, 4) is 0 Å². The van der Waals surface area contributed by atoms with Gasteiger partial charge >= 0.3 is 6.18 Å². The van der Waals surface area contributed by atoms with Crippen molar-refractivity contribution < 1.29 is 17.9 Å². The van der Waals surface area contributed by atoms with Gasteiger partial charge < -0.3 is 10.1 Å². The molecule has 0 aromatic heterocycles. The number of rotatable bonds is 9. The zero-order chi connectivity index (χ0) is 12.4. The Labute approximate surface area is 95.5 Å². The average Bonchev–Trinajstić information content (AvgIpc) is 2.20. The maximum atomic E-state index is 11.9. The fraction of sp³-hybridized carbons (Fsp3) is 1.00. The first-order chi connectivity index (χ1) is 7.49. The minimum atomic E-state index is -4.03. The van der Waals surface area contributed by atoms with E-state index in [-0.39, 0.29) is 12.5 Å². The molecule has 5 heteroatoms. The zero-order valence-electron chi connectivity index (χ0n) is 10.1. The summed E-state index contributed by atoms with van der Waals surface area (Å²) in [5.74, 6) is 0. The Morgan fingerprint density at radius 3 is 2.38 bits per heavy atom. The van der Waals surface area contributed by atoms with E-state index in [1.54, 1.807) is 7.05 Å². The van der Waals surface area contributed by atoms with Crippen LogP contribution in [0.5, 0.6) is 0 Å². The largest absolute Gasteiger partial charge is 0.389 e. The van der Waals surface area contributed by atoms with Crippen LogP contribution in [0.15, 0.2) is 0 Å². The second-order valence-corrected chi connectivity index (χ2v) is 3.89. The van der Waals surface area contributed by atoms with Crippen LogP contribution in [-0.4, -0.2) is 32.5 Å².